The van der Waals surface area contributed by atoms with E-state index in [9.17, 15) is 4.79 Å². The average molecular weight is 263 g/mol. The highest BCUT2D eigenvalue weighted by Gasteiger charge is 2.11. The number of ether oxygens (including phenoxy) is 3. The van der Waals surface area contributed by atoms with Crippen molar-refractivity contribution in [1.82, 2.24) is 0 Å². The number of methoxy groups -OCH3 is 3. The van der Waals surface area contributed by atoms with E-state index in [0.717, 1.165) is 5.56 Å². The third kappa shape index (κ3) is 4.06. The summed E-state index contributed by atoms with van der Waals surface area (Å²) in [5.41, 5.74) is 5.84. The van der Waals surface area contributed by atoms with Crippen molar-refractivity contribution < 1.29 is 19.0 Å². The van der Waals surface area contributed by atoms with Crippen molar-refractivity contribution >= 4 is 12.0 Å². The lowest BCUT2D eigenvalue weighted by Gasteiger charge is -2.12. The molecule has 1 aromatic rings. The Morgan fingerprint density at radius 2 is 1.63 bits per heavy atom. The molecule has 102 valence electrons. The van der Waals surface area contributed by atoms with Gasteiger partial charge in [-0.25, -0.2) is 0 Å². The number of carbonyl (C=O) groups excluding carboxylic acids is 1. The molecule has 0 aliphatic rings. The van der Waals surface area contributed by atoms with Gasteiger partial charge >= 0.3 is 0 Å². The normalized spacial score (nSPS) is 10.9. The number of carbonyl (C=O) groups is 1. The van der Waals surface area contributed by atoms with E-state index in [1.807, 2.05) is 0 Å². The van der Waals surface area contributed by atoms with Crippen LogP contribution >= 0.6 is 0 Å². The highest BCUT2D eigenvalue weighted by atomic mass is 16.5. The number of amides is 1. The van der Waals surface area contributed by atoms with Crippen molar-refractivity contribution in [3.8, 4) is 17.2 Å². The van der Waals surface area contributed by atoms with Crippen LogP contribution in [0.4, 0.5) is 0 Å². The Hall–Kier alpha value is -2.43. The van der Waals surface area contributed by atoms with E-state index in [4.69, 9.17) is 19.9 Å². The van der Waals surface area contributed by atoms with Crippen molar-refractivity contribution in [3.05, 3.63) is 35.9 Å². The number of benzene rings is 1. The van der Waals surface area contributed by atoms with E-state index in [-0.39, 0.29) is 0 Å². The minimum Gasteiger partial charge on any atom is -0.493 e. The summed E-state index contributed by atoms with van der Waals surface area (Å²) in [5, 5.41) is 0. The molecule has 0 saturated heterocycles. The van der Waals surface area contributed by atoms with Gasteiger partial charge in [0.25, 0.3) is 0 Å². The molecule has 0 fully saturated rings. The number of primary amides is 1. The van der Waals surface area contributed by atoms with Gasteiger partial charge < -0.3 is 19.9 Å². The Bertz CT molecular complexity index is 481. The van der Waals surface area contributed by atoms with Gasteiger partial charge in [0.1, 0.15) is 0 Å². The first-order valence-electron chi connectivity index (χ1n) is 5.56. The third-order valence-corrected chi connectivity index (χ3v) is 2.35. The Labute approximate surface area is 112 Å². The molecule has 5 heteroatoms. The Morgan fingerprint density at radius 3 is 2.05 bits per heavy atom. The van der Waals surface area contributed by atoms with E-state index < -0.39 is 5.91 Å². The molecular formula is C14H17NO4. The van der Waals surface area contributed by atoms with Gasteiger partial charge in [0, 0.05) is 6.08 Å². The zero-order valence-electron chi connectivity index (χ0n) is 11.2. The summed E-state index contributed by atoms with van der Waals surface area (Å²) in [6.07, 6.45) is 6.33. The van der Waals surface area contributed by atoms with Crippen LogP contribution in [0.5, 0.6) is 17.2 Å². The van der Waals surface area contributed by atoms with Crippen molar-refractivity contribution in [2.75, 3.05) is 21.3 Å². The zero-order valence-corrected chi connectivity index (χ0v) is 11.2. The molecule has 1 amide bonds. The minimum absolute atomic E-state index is 0.491. The molecule has 0 radical (unpaired) electrons. The Kier molecular flexibility index (Phi) is 5.47. The fourth-order valence-corrected chi connectivity index (χ4v) is 1.51. The molecule has 0 bridgehead atoms. The van der Waals surface area contributed by atoms with Crippen LogP contribution in [0.3, 0.4) is 0 Å². The lowest BCUT2D eigenvalue weighted by Crippen LogP contribution is -2.04. The van der Waals surface area contributed by atoms with Gasteiger partial charge in [-0.2, -0.15) is 0 Å². The van der Waals surface area contributed by atoms with Gasteiger partial charge in [0.15, 0.2) is 11.5 Å². The number of nitrogens with two attached hydrogens (primary N) is 1. The second-order valence-electron chi connectivity index (χ2n) is 3.58. The molecule has 2 N–H and O–H groups in total. The molecule has 5 nitrogen and oxygen atoms in total. The molecule has 0 aliphatic heterocycles. The van der Waals surface area contributed by atoms with Crippen molar-refractivity contribution in [1.29, 1.82) is 0 Å². The summed E-state index contributed by atoms with van der Waals surface area (Å²) in [5.74, 6) is 1.19. The van der Waals surface area contributed by atoms with E-state index >= 15 is 0 Å². The van der Waals surface area contributed by atoms with E-state index in [1.165, 1.54) is 6.08 Å². The summed E-state index contributed by atoms with van der Waals surface area (Å²) >= 11 is 0. The maximum Gasteiger partial charge on any atom is 0.241 e. The number of rotatable bonds is 6. The lowest BCUT2D eigenvalue weighted by molar-refractivity contribution is -0.113. The molecule has 0 heterocycles. The molecule has 0 spiro atoms. The summed E-state index contributed by atoms with van der Waals surface area (Å²) in [7, 11) is 4.65. The molecule has 0 atom stereocenters. The van der Waals surface area contributed by atoms with Crippen LogP contribution in [-0.2, 0) is 4.79 Å². The summed E-state index contributed by atoms with van der Waals surface area (Å²) in [6.45, 7) is 0. The molecule has 1 rings (SSSR count). The van der Waals surface area contributed by atoms with Gasteiger partial charge in [-0.05, 0) is 17.7 Å². The third-order valence-electron chi connectivity index (χ3n) is 2.35. The molecule has 0 aromatic heterocycles. The van der Waals surface area contributed by atoms with Gasteiger partial charge in [0.05, 0.1) is 21.3 Å². The Balaban J connectivity index is 3.06. The predicted molar refractivity (Wildman–Crippen MR) is 73.5 cm³/mol. The predicted octanol–water partition coefficient (Wildman–Crippen LogP) is 1.77. The van der Waals surface area contributed by atoms with Crippen molar-refractivity contribution in [2.24, 2.45) is 5.73 Å². The standard InChI is InChI=1S/C14H17NO4/c1-17-11-8-10(6-4-5-7-13(15)16)9-12(18-2)14(11)19-3/h4-9H,1-3H3,(H2,15,16)/b6-4+,7-5+. The van der Waals surface area contributed by atoms with Crippen molar-refractivity contribution in [3.63, 3.8) is 0 Å². The highest BCUT2D eigenvalue weighted by Crippen LogP contribution is 2.38. The lowest BCUT2D eigenvalue weighted by atomic mass is 10.1. The smallest absolute Gasteiger partial charge is 0.241 e. The van der Waals surface area contributed by atoms with Gasteiger partial charge in [-0.15, -0.1) is 0 Å². The van der Waals surface area contributed by atoms with E-state index in [1.54, 1.807) is 51.7 Å². The zero-order chi connectivity index (χ0) is 14.3. The van der Waals surface area contributed by atoms with Crippen LogP contribution in [0, 0.1) is 0 Å². The maximum atomic E-state index is 10.5. The van der Waals surface area contributed by atoms with Crippen LogP contribution < -0.4 is 19.9 Å². The fourth-order valence-electron chi connectivity index (χ4n) is 1.51. The Morgan fingerprint density at radius 1 is 1.05 bits per heavy atom. The van der Waals surface area contributed by atoms with Crippen LogP contribution in [0.2, 0.25) is 0 Å². The first-order chi connectivity index (χ1) is 9.12. The van der Waals surface area contributed by atoms with Crippen LogP contribution in [0.15, 0.2) is 30.4 Å². The summed E-state index contributed by atoms with van der Waals surface area (Å²) in [4.78, 5) is 10.5. The molecular weight excluding hydrogens is 246 g/mol. The van der Waals surface area contributed by atoms with E-state index in [2.05, 4.69) is 0 Å². The monoisotopic (exact) mass is 263 g/mol. The SMILES string of the molecule is COc1cc(/C=C/C=C/C(N)=O)cc(OC)c1OC. The molecule has 0 unspecified atom stereocenters. The van der Waals surface area contributed by atoms with Crippen molar-refractivity contribution in [2.45, 2.75) is 0 Å². The maximum absolute atomic E-state index is 10.5. The van der Waals surface area contributed by atoms with Gasteiger partial charge in [-0.1, -0.05) is 18.2 Å². The summed E-state index contributed by atoms with van der Waals surface area (Å²) in [6, 6.07) is 3.60. The minimum atomic E-state index is -0.491. The van der Waals surface area contributed by atoms with Crippen LogP contribution in [0.25, 0.3) is 6.08 Å². The molecule has 1 aromatic carbocycles. The highest BCUT2D eigenvalue weighted by molar-refractivity contribution is 5.86. The second-order valence-corrected chi connectivity index (χ2v) is 3.58. The summed E-state index contributed by atoms with van der Waals surface area (Å²) < 4.78 is 15.7. The second kappa shape index (κ2) is 7.10. The van der Waals surface area contributed by atoms with Crippen LogP contribution in [-0.4, -0.2) is 27.2 Å². The molecule has 0 aliphatic carbocycles. The topological polar surface area (TPSA) is 70.8 Å². The number of allylic oxidation sites excluding steroid dienone is 2. The number of hydrogen-bond acceptors (Lipinski definition) is 4. The first-order valence-corrected chi connectivity index (χ1v) is 5.56. The van der Waals surface area contributed by atoms with Crippen LogP contribution in [0.1, 0.15) is 5.56 Å². The largest absolute Gasteiger partial charge is 0.493 e. The van der Waals surface area contributed by atoms with E-state index in [0.29, 0.717) is 17.2 Å². The van der Waals surface area contributed by atoms with Gasteiger partial charge in [-0.3, -0.25) is 4.79 Å². The molecule has 19 heavy (non-hydrogen) atoms. The van der Waals surface area contributed by atoms with Gasteiger partial charge in [0.2, 0.25) is 11.7 Å². The fraction of sp³-hybridized carbons (Fsp3) is 0.214. The number of hydrogen-bond donors (Lipinski definition) is 1. The first kappa shape index (κ1) is 14.6. The average Bonchev–Trinajstić information content (AvgIpc) is 2.42. The quantitative estimate of drug-likeness (QED) is 0.627. The molecule has 0 saturated carbocycles.